The molecule has 1 amide bonds. The monoisotopic (exact) mass is 333 g/mol. The van der Waals surface area contributed by atoms with E-state index in [4.69, 9.17) is 11.6 Å². The SMILES string of the molecule is C[C@H]1C[C@H](C)CN(C(=O)Cn2cnc3ccc(Cl)cc3c2=O)C1. The Morgan fingerprint density at radius 2 is 2.00 bits per heavy atom. The Bertz CT molecular complexity index is 792. The van der Waals surface area contributed by atoms with E-state index in [0.29, 0.717) is 27.8 Å². The number of amides is 1. The first-order valence-corrected chi connectivity index (χ1v) is 8.24. The number of nitrogens with zero attached hydrogens (tertiary/aromatic N) is 3. The van der Waals surface area contributed by atoms with Gasteiger partial charge in [-0.1, -0.05) is 25.4 Å². The lowest BCUT2D eigenvalue weighted by Gasteiger charge is -2.35. The Labute approximate surface area is 139 Å². The summed E-state index contributed by atoms with van der Waals surface area (Å²) in [6.45, 7) is 5.84. The molecule has 0 bridgehead atoms. The molecule has 0 spiro atoms. The van der Waals surface area contributed by atoms with E-state index >= 15 is 0 Å². The van der Waals surface area contributed by atoms with Gasteiger partial charge in [-0.2, -0.15) is 0 Å². The van der Waals surface area contributed by atoms with Gasteiger partial charge in [0.25, 0.3) is 5.56 Å². The topological polar surface area (TPSA) is 55.2 Å². The Hall–Kier alpha value is -1.88. The summed E-state index contributed by atoms with van der Waals surface area (Å²) in [4.78, 5) is 31.1. The quantitative estimate of drug-likeness (QED) is 0.848. The average molecular weight is 334 g/mol. The van der Waals surface area contributed by atoms with E-state index in [2.05, 4.69) is 18.8 Å². The molecule has 0 aliphatic carbocycles. The third-order valence-corrected chi connectivity index (χ3v) is 4.55. The van der Waals surface area contributed by atoms with Crippen LogP contribution in [0.2, 0.25) is 5.02 Å². The lowest BCUT2D eigenvalue weighted by atomic mass is 9.92. The number of benzene rings is 1. The molecule has 3 rings (SSSR count). The van der Waals surface area contributed by atoms with Gasteiger partial charge >= 0.3 is 0 Å². The largest absolute Gasteiger partial charge is 0.341 e. The van der Waals surface area contributed by atoms with Gasteiger partial charge in [0.2, 0.25) is 5.91 Å². The van der Waals surface area contributed by atoms with E-state index in [1.807, 2.05) is 4.90 Å². The van der Waals surface area contributed by atoms with E-state index in [0.717, 1.165) is 19.5 Å². The fourth-order valence-corrected chi connectivity index (χ4v) is 3.53. The van der Waals surface area contributed by atoms with Crippen molar-refractivity contribution in [3.05, 3.63) is 39.9 Å². The van der Waals surface area contributed by atoms with Crippen LogP contribution in [0.3, 0.4) is 0 Å². The number of likely N-dealkylation sites (tertiary alicyclic amines) is 1. The molecule has 5 nitrogen and oxygen atoms in total. The first-order valence-electron chi connectivity index (χ1n) is 7.86. The van der Waals surface area contributed by atoms with E-state index in [1.54, 1.807) is 18.2 Å². The molecule has 1 aliphatic heterocycles. The van der Waals surface area contributed by atoms with Gasteiger partial charge in [-0.3, -0.25) is 14.2 Å². The highest BCUT2D eigenvalue weighted by molar-refractivity contribution is 6.31. The number of rotatable bonds is 2. The van der Waals surface area contributed by atoms with Crippen molar-refractivity contribution >= 4 is 28.4 Å². The second kappa shape index (κ2) is 6.32. The van der Waals surface area contributed by atoms with E-state index in [9.17, 15) is 9.59 Å². The van der Waals surface area contributed by atoms with Crippen molar-refractivity contribution in [3.8, 4) is 0 Å². The second-order valence-corrected chi connectivity index (χ2v) is 7.02. The summed E-state index contributed by atoms with van der Waals surface area (Å²) in [5.41, 5.74) is 0.354. The van der Waals surface area contributed by atoms with Crippen LogP contribution in [0.5, 0.6) is 0 Å². The van der Waals surface area contributed by atoms with Crippen LogP contribution in [0.15, 0.2) is 29.3 Å². The number of carbonyl (C=O) groups is 1. The molecule has 0 unspecified atom stereocenters. The van der Waals surface area contributed by atoms with Gasteiger partial charge in [-0.25, -0.2) is 4.98 Å². The highest BCUT2D eigenvalue weighted by atomic mass is 35.5. The highest BCUT2D eigenvalue weighted by Crippen LogP contribution is 2.21. The summed E-state index contributed by atoms with van der Waals surface area (Å²) < 4.78 is 1.37. The van der Waals surface area contributed by atoms with Gasteiger partial charge in [-0.05, 0) is 36.5 Å². The molecule has 1 aliphatic rings. The summed E-state index contributed by atoms with van der Waals surface area (Å²) in [6.07, 6.45) is 2.58. The molecule has 122 valence electrons. The first kappa shape index (κ1) is 16.0. The smallest absolute Gasteiger partial charge is 0.261 e. The van der Waals surface area contributed by atoms with Gasteiger partial charge in [0.1, 0.15) is 6.54 Å². The van der Waals surface area contributed by atoms with Crippen LogP contribution in [0.4, 0.5) is 0 Å². The molecule has 2 atom stereocenters. The Kier molecular flexibility index (Phi) is 4.39. The van der Waals surface area contributed by atoms with Gasteiger partial charge in [0.15, 0.2) is 0 Å². The van der Waals surface area contributed by atoms with E-state index in [1.165, 1.54) is 10.9 Å². The molecule has 1 aromatic carbocycles. The third kappa shape index (κ3) is 3.39. The molecule has 1 saturated heterocycles. The van der Waals surface area contributed by atoms with Crippen molar-refractivity contribution in [3.63, 3.8) is 0 Å². The number of piperidine rings is 1. The molecule has 0 radical (unpaired) electrons. The molecular weight excluding hydrogens is 314 g/mol. The maximum absolute atomic E-state index is 12.5. The summed E-state index contributed by atoms with van der Waals surface area (Å²) >= 11 is 5.95. The lowest BCUT2D eigenvalue weighted by molar-refractivity contribution is -0.134. The van der Waals surface area contributed by atoms with Crippen LogP contribution < -0.4 is 5.56 Å². The number of hydrogen-bond donors (Lipinski definition) is 0. The van der Waals surface area contributed by atoms with Crippen LogP contribution >= 0.6 is 11.6 Å². The van der Waals surface area contributed by atoms with Crippen molar-refractivity contribution in [1.82, 2.24) is 14.5 Å². The van der Waals surface area contributed by atoms with Crippen LogP contribution in [-0.2, 0) is 11.3 Å². The molecule has 6 heteroatoms. The number of hydrogen-bond acceptors (Lipinski definition) is 3. The molecule has 0 N–H and O–H groups in total. The van der Waals surface area contributed by atoms with Crippen molar-refractivity contribution < 1.29 is 4.79 Å². The zero-order valence-corrected chi connectivity index (χ0v) is 14.1. The standard InChI is InChI=1S/C17H20ClN3O2/c1-11-5-12(2)8-20(7-11)16(22)9-21-10-19-15-4-3-13(18)6-14(15)17(21)23/h3-4,6,10-12H,5,7-9H2,1-2H3/t11-,12-/m0/s1. The normalized spacial score (nSPS) is 21.6. The summed E-state index contributed by atoms with van der Waals surface area (Å²) in [5.74, 6) is 0.953. The van der Waals surface area contributed by atoms with Crippen molar-refractivity contribution in [2.24, 2.45) is 11.8 Å². The van der Waals surface area contributed by atoms with Crippen molar-refractivity contribution in [1.29, 1.82) is 0 Å². The Balaban J connectivity index is 1.85. The van der Waals surface area contributed by atoms with Crippen molar-refractivity contribution in [2.45, 2.75) is 26.8 Å². The number of fused-ring (bicyclic) bond motifs is 1. The fraction of sp³-hybridized carbons (Fsp3) is 0.471. The highest BCUT2D eigenvalue weighted by Gasteiger charge is 2.25. The minimum atomic E-state index is -0.232. The molecule has 2 heterocycles. The number of aromatic nitrogens is 2. The van der Waals surface area contributed by atoms with Crippen LogP contribution in [0.1, 0.15) is 20.3 Å². The molecule has 1 aromatic heterocycles. The summed E-state index contributed by atoms with van der Waals surface area (Å²) in [5, 5.41) is 0.923. The van der Waals surface area contributed by atoms with E-state index < -0.39 is 0 Å². The van der Waals surface area contributed by atoms with E-state index in [-0.39, 0.29) is 18.0 Å². The average Bonchev–Trinajstić information content (AvgIpc) is 2.49. The van der Waals surface area contributed by atoms with Crippen LogP contribution in [0.25, 0.3) is 10.9 Å². The number of carbonyl (C=O) groups excluding carboxylic acids is 1. The molecule has 2 aromatic rings. The summed E-state index contributed by atoms with van der Waals surface area (Å²) in [7, 11) is 0. The molecule has 23 heavy (non-hydrogen) atoms. The minimum absolute atomic E-state index is 0.0216. The predicted molar refractivity (Wildman–Crippen MR) is 90.5 cm³/mol. The minimum Gasteiger partial charge on any atom is -0.341 e. The van der Waals surface area contributed by atoms with Gasteiger partial charge in [-0.15, -0.1) is 0 Å². The zero-order valence-electron chi connectivity index (χ0n) is 13.3. The molecular formula is C17H20ClN3O2. The summed E-state index contributed by atoms with van der Waals surface area (Å²) in [6, 6.07) is 5.00. The maximum atomic E-state index is 12.5. The van der Waals surface area contributed by atoms with Crippen LogP contribution in [0, 0.1) is 11.8 Å². The number of halogens is 1. The van der Waals surface area contributed by atoms with Crippen LogP contribution in [-0.4, -0.2) is 33.4 Å². The first-order chi connectivity index (χ1) is 10.9. The Morgan fingerprint density at radius 1 is 1.30 bits per heavy atom. The second-order valence-electron chi connectivity index (χ2n) is 6.58. The third-order valence-electron chi connectivity index (χ3n) is 4.31. The zero-order chi connectivity index (χ0) is 16.6. The fourth-order valence-electron chi connectivity index (χ4n) is 3.36. The predicted octanol–water partition coefficient (Wildman–Crippen LogP) is 2.55. The molecule has 1 fully saturated rings. The molecule has 0 saturated carbocycles. The lowest BCUT2D eigenvalue weighted by Crippen LogP contribution is -2.44. The van der Waals surface area contributed by atoms with Crippen molar-refractivity contribution in [2.75, 3.05) is 13.1 Å². The van der Waals surface area contributed by atoms with Gasteiger partial charge < -0.3 is 4.90 Å². The van der Waals surface area contributed by atoms with Gasteiger partial charge in [0, 0.05) is 18.1 Å². The Morgan fingerprint density at radius 3 is 2.70 bits per heavy atom. The van der Waals surface area contributed by atoms with Gasteiger partial charge in [0.05, 0.1) is 17.2 Å². The maximum Gasteiger partial charge on any atom is 0.261 e.